The second-order valence-electron chi connectivity index (χ2n) is 6.38. The number of piperidine rings is 1. The molecule has 2 heterocycles. The number of nitrogens with zero attached hydrogens (tertiary/aromatic N) is 1. The highest BCUT2D eigenvalue weighted by Gasteiger charge is 2.47. The highest BCUT2D eigenvalue weighted by Crippen LogP contribution is 2.35. The van der Waals surface area contributed by atoms with Crippen LogP contribution < -0.4 is 5.32 Å². The smallest absolute Gasteiger partial charge is 0.243 e. The molecule has 0 saturated carbocycles. The normalized spacial score (nSPS) is 27.7. The van der Waals surface area contributed by atoms with E-state index in [4.69, 9.17) is 4.74 Å². The van der Waals surface area contributed by atoms with Crippen molar-refractivity contribution < 1.29 is 17.9 Å². The van der Waals surface area contributed by atoms with Crippen LogP contribution in [0.25, 0.3) is 0 Å². The zero-order chi connectivity index (χ0) is 17.3. The molecule has 0 aromatic heterocycles. The lowest BCUT2D eigenvalue weighted by Crippen LogP contribution is -2.54. The van der Waals surface area contributed by atoms with E-state index >= 15 is 0 Å². The Bertz CT molecular complexity index is 702. The van der Waals surface area contributed by atoms with Gasteiger partial charge in [-0.05, 0) is 37.0 Å². The van der Waals surface area contributed by atoms with Crippen LogP contribution in [0, 0.1) is 5.92 Å². The predicted molar refractivity (Wildman–Crippen MR) is 90.0 cm³/mol. The quantitative estimate of drug-likeness (QED) is 0.882. The molecule has 2 saturated heterocycles. The SMILES string of the molecule is CCc1ccc(S(=O)(=O)N2C[C@@H](C(=O)NC)C[C@H]3OCC[C@H]32)cc1. The van der Waals surface area contributed by atoms with E-state index in [0.717, 1.165) is 12.0 Å². The van der Waals surface area contributed by atoms with Crippen molar-refractivity contribution in [2.45, 2.75) is 43.2 Å². The van der Waals surface area contributed by atoms with Gasteiger partial charge >= 0.3 is 0 Å². The lowest BCUT2D eigenvalue weighted by molar-refractivity contribution is -0.127. The van der Waals surface area contributed by atoms with Gasteiger partial charge in [-0.25, -0.2) is 8.42 Å². The summed E-state index contributed by atoms with van der Waals surface area (Å²) in [5, 5.41) is 2.63. The summed E-state index contributed by atoms with van der Waals surface area (Å²) in [6.07, 6.45) is 1.91. The summed E-state index contributed by atoms with van der Waals surface area (Å²) in [4.78, 5) is 12.3. The first-order valence-corrected chi connectivity index (χ1v) is 9.85. The average molecular weight is 352 g/mol. The molecule has 132 valence electrons. The number of rotatable bonds is 4. The molecule has 0 spiro atoms. The molecule has 0 aliphatic carbocycles. The predicted octanol–water partition coefficient (Wildman–Crippen LogP) is 1.16. The topological polar surface area (TPSA) is 75.7 Å². The molecule has 1 aromatic carbocycles. The summed E-state index contributed by atoms with van der Waals surface area (Å²) in [6.45, 7) is 2.78. The number of benzene rings is 1. The number of fused-ring (bicyclic) bond motifs is 1. The molecule has 0 unspecified atom stereocenters. The zero-order valence-corrected chi connectivity index (χ0v) is 14.9. The number of aryl methyl sites for hydroxylation is 1. The average Bonchev–Trinajstić information content (AvgIpc) is 3.08. The Morgan fingerprint density at radius 1 is 1.33 bits per heavy atom. The van der Waals surface area contributed by atoms with Gasteiger partial charge in [0.1, 0.15) is 0 Å². The molecule has 2 aliphatic heterocycles. The van der Waals surface area contributed by atoms with Crippen LogP contribution >= 0.6 is 0 Å². The molecule has 3 rings (SSSR count). The number of hydrogen-bond donors (Lipinski definition) is 1. The van der Waals surface area contributed by atoms with Gasteiger partial charge < -0.3 is 10.1 Å². The minimum absolute atomic E-state index is 0.134. The molecule has 24 heavy (non-hydrogen) atoms. The summed E-state index contributed by atoms with van der Waals surface area (Å²) >= 11 is 0. The van der Waals surface area contributed by atoms with Crippen molar-refractivity contribution in [3.63, 3.8) is 0 Å². The van der Waals surface area contributed by atoms with Crippen LogP contribution in [0.3, 0.4) is 0 Å². The first kappa shape index (κ1) is 17.4. The number of amides is 1. The van der Waals surface area contributed by atoms with Gasteiger partial charge in [-0.2, -0.15) is 4.31 Å². The van der Waals surface area contributed by atoms with E-state index in [-0.39, 0.29) is 35.4 Å². The van der Waals surface area contributed by atoms with Gasteiger partial charge in [-0.3, -0.25) is 4.79 Å². The van der Waals surface area contributed by atoms with Gasteiger partial charge in [-0.1, -0.05) is 19.1 Å². The Kier molecular flexibility index (Phi) is 4.94. The number of ether oxygens (including phenoxy) is 1. The van der Waals surface area contributed by atoms with E-state index in [1.807, 2.05) is 19.1 Å². The molecule has 0 radical (unpaired) electrons. The fourth-order valence-corrected chi connectivity index (χ4v) is 5.33. The number of carbonyl (C=O) groups is 1. The maximum atomic E-state index is 13.1. The maximum absolute atomic E-state index is 13.1. The van der Waals surface area contributed by atoms with E-state index in [1.165, 1.54) is 4.31 Å². The van der Waals surface area contributed by atoms with E-state index in [9.17, 15) is 13.2 Å². The molecule has 2 fully saturated rings. The van der Waals surface area contributed by atoms with E-state index in [2.05, 4.69) is 5.32 Å². The van der Waals surface area contributed by atoms with Crippen LogP contribution in [-0.2, 0) is 26.0 Å². The molecule has 1 N–H and O–H groups in total. The van der Waals surface area contributed by atoms with Crippen molar-refractivity contribution in [1.29, 1.82) is 0 Å². The van der Waals surface area contributed by atoms with Gasteiger partial charge in [0.2, 0.25) is 15.9 Å². The fourth-order valence-electron chi connectivity index (χ4n) is 3.60. The second kappa shape index (κ2) is 6.82. The van der Waals surface area contributed by atoms with Crippen LogP contribution in [0.4, 0.5) is 0 Å². The third-order valence-corrected chi connectivity index (χ3v) is 6.92. The Labute approximate surface area is 143 Å². The van der Waals surface area contributed by atoms with Crippen LogP contribution in [0.5, 0.6) is 0 Å². The van der Waals surface area contributed by atoms with E-state index in [0.29, 0.717) is 19.4 Å². The minimum Gasteiger partial charge on any atom is -0.376 e. The van der Waals surface area contributed by atoms with E-state index < -0.39 is 10.0 Å². The molecular weight excluding hydrogens is 328 g/mol. The molecule has 3 atom stereocenters. The van der Waals surface area contributed by atoms with Crippen molar-refractivity contribution in [3.05, 3.63) is 29.8 Å². The van der Waals surface area contributed by atoms with Crippen molar-refractivity contribution in [2.75, 3.05) is 20.2 Å². The number of sulfonamides is 1. The largest absolute Gasteiger partial charge is 0.376 e. The lowest BCUT2D eigenvalue weighted by atomic mass is 9.91. The minimum atomic E-state index is -3.64. The van der Waals surface area contributed by atoms with Gasteiger partial charge in [0.15, 0.2) is 0 Å². The second-order valence-corrected chi connectivity index (χ2v) is 8.27. The van der Waals surface area contributed by atoms with Gasteiger partial charge in [0, 0.05) is 20.2 Å². The fraction of sp³-hybridized carbons (Fsp3) is 0.588. The third kappa shape index (κ3) is 3.08. The maximum Gasteiger partial charge on any atom is 0.243 e. The number of nitrogens with one attached hydrogen (secondary N) is 1. The Morgan fingerprint density at radius 3 is 2.67 bits per heavy atom. The van der Waals surface area contributed by atoms with Crippen molar-refractivity contribution in [2.24, 2.45) is 5.92 Å². The first-order chi connectivity index (χ1) is 11.5. The monoisotopic (exact) mass is 352 g/mol. The number of hydrogen-bond acceptors (Lipinski definition) is 4. The standard InChI is InChI=1S/C17H24N2O4S/c1-3-12-4-6-14(7-5-12)24(21,22)19-11-13(17(20)18-2)10-16-15(19)8-9-23-16/h4-7,13,15-16H,3,8-11H2,1-2H3,(H,18,20)/t13-,15+,16+/m0/s1. The van der Waals surface area contributed by atoms with Gasteiger partial charge in [0.05, 0.1) is 23.0 Å². The van der Waals surface area contributed by atoms with Crippen LogP contribution in [-0.4, -0.2) is 51.0 Å². The van der Waals surface area contributed by atoms with Gasteiger partial charge in [-0.15, -0.1) is 0 Å². The molecule has 6 nitrogen and oxygen atoms in total. The van der Waals surface area contributed by atoms with Crippen LogP contribution in [0.15, 0.2) is 29.2 Å². The molecule has 1 amide bonds. The molecule has 0 bridgehead atoms. The van der Waals surface area contributed by atoms with Crippen molar-refractivity contribution in [3.8, 4) is 0 Å². The summed E-state index contributed by atoms with van der Waals surface area (Å²) in [5.41, 5.74) is 1.10. The van der Waals surface area contributed by atoms with Crippen molar-refractivity contribution >= 4 is 15.9 Å². The molecule has 7 heteroatoms. The zero-order valence-electron chi connectivity index (χ0n) is 14.1. The first-order valence-electron chi connectivity index (χ1n) is 8.41. The Balaban J connectivity index is 1.92. The van der Waals surface area contributed by atoms with Crippen molar-refractivity contribution in [1.82, 2.24) is 9.62 Å². The lowest BCUT2D eigenvalue weighted by Gasteiger charge is -2.39. The van der Waals surface area contributed by atoms with Crippen LogP contribution in [0.2, 0.25) is 0 Å². The number of carbonyl (C=O) groups excluding carboxylic acids is 1. The summed E-state index contributed by atoms with van der Waals surface area (Å²) in [5.74, 6) is -0.510. The highest BCUT2D eigenvalue weighted by molar-refractivity contribution is 7.89. The van der Waals surface area contributed by atoms with Gasteiger partial charge in [0.25, 0.3) is 0 Å². The molecule has 2 aliphatic rings. The summed E-state index contributed by atoms with van der Waals surface area (Å²) < 4.78 is 33.4. The Hall–Kier alpha value is -1.44. The molecular formula is C17H24N2O4S. The molecule has 1 aromatic rings. The van der Waals surface area contributed by atoms with Crippen LogP contribution in [0.1, 0.15) is 25.3 Å². The third-order valence-electron chi connectivity index (χ3n) is 5.02. The summed E-state index contributed by atoms with van der Waals surface area (Å²) in [7, 11) is -2.07. The van der Waals surface area contributed by atoms with E-state index in [1.54, 1.807) is 19.2 Å². The summed E-state index contributed by atoms with van der Waals surface area (Å²) in [6, 6.07) is 6.82. The highest BCUT2D eigenvalue weighted by atomic mass is 32.2. The Morgan fingerprint density at radius 2 is 2.04 bits per heavy atom.